The Kier molecular flexibility index (Phi) is 4.19. The number of aromatic nitrogens is 1. The Morgan fingerprint density at radius 2 is 1.73 bits per heavy atom. The van der Waals surface area contributed by atoms with E-state index in [1.807, 2.05) is 31.2 Å². The number of nitriles is 2. The van der Waals surface area contributed by atoms with Gasteiger partial charge in [-0.25, -0.2) is 0 Å². The molecule has 1 fully saturated rings. The van der Waals surface area contributed by atoms with Crippen molar-refractivity contribution in [2.24, 2.45) is 0 Å². The van der Waals surface area contributed by atoms with Crippen molar-refractivity contribution < 1.29 is 4.79 Å². The fourth-order valence-electron chi connectivity index (χ4n) is 2.91. The number of pyridine rings is 1. The highest BCUT2D eigenvalue weighted by molar-refractivity contribution is 7.81. The number of carbonyl (C=O) groups is 1. The van der Waals surface area contributed by atoms with Crippen molar-refractivity contribution >= 4 is 34.6 Å². The van der Waals surface area contributed by atoms with Crippen molar-refractivity contribution in [1.29, 1.82) is 10.5 Å². The summed E-state index contributed by atoms with van der Waals surface area (Å²) in [5, 5.41) is 18.6. The van der Waals surface area contributed by atoms with Gasteiger partial charge in [-0.3, -0.25) is 14.7 Å². The largest absolute Gasteiger partial charge is 0.302 e. The molecule has 0 bridgehead atoms. The minimum absolute atomic E-state index is 0.203. The molecule has 3 rings (SSSR count). The first-order chi connectivity index (χ1) is 12.3. The highest BCUT2D eigenvalue weighted by atomic mass is 32.1. The van der Waals surface area contributed by atoms with Crippen molar-refractivity contribution in [1.82, 2.24) is 4.98 Å². The smallest absolute Gasteiger partial charge is 0.259 e. The number of anilines is 2. The molecule has 7 heteroatoms. The summed E-state index contributed by atoms with van der Waals surface area (Å²) in [5.41, 5.74) is 1.60. The van der Waals surface area contributed by atoms with Crippen molar-refractivity contribution in [2.45, 2.75) is 26.3 Å². The molecule has 1 aliphatic rings. The van der Waals surface area contributed by atoms with Crippen LogP contribution in [0, 0.1) is 29.6 Å². The van der Waals surface area contributed by atoms with Crippen molar-refractivity contribution in [3.63, 3.8) is 0 Å². The van der Waals surface area contributed by atoms with Gasteiger partial charge in [-0.05, 0) is 63.3 Å². The molecule has 1 amide bonds. The summed E-state index contributed by atoms with van der Waals surface area (Å²) >= 11 is 5.58. The molecule has 2 aromatic rings. The van der Waals surface area contributed by atoms with E-state index in [1.165, 1.54) is 17.0 Å². The first kappa shape index (κ1) is 17.5. The van der Waals surface area contributed by atoms with Gasteiger partial charge in [-0.15, -0.1) is 0 Å². The molecule has 26 heavy (non-hydrogen) atoms. The Labute approximate surface area is 156 Å². The van der Waals surface area contributed by atoms with E-state index >= 15 is 0 Å². The third-order valence-corrected chi connectivity index (χ3v) is 4.69. The highest BCUT2D eigenvalue weighted by Crippen LogP contribution is 2.36. The lowest BCUT2D eigenvalue weighted by atomic mass is 10.0. The van der Waals surface area contributed by atoms with E-state index in [1.54, 1.807) is 31.0 Å². The molecule has 0 spiro atoms. The number of nitrogens with zero attached hydrogens (tertiary/aromatic N) is 5. The van der Waals surface area contributed by atoms with Crippen LogP contribution in [0.1, 0.15) is 30.7 Å². The van der Waals surface area contributed by atoms with Gasteiger partial charge in [-0.1, -0.05) is 0 Å². The standard InChI is InChI=1S/C19H15N5OS/c1-12-4-6-16(11-22-12)24-18(26)23(17(25)19(24,2)3)15-7-5-13(9-20)14(8-15)10-21/h4-8,11H,1-3H3. The van der Waals surface area contributed by atoms with E-state index in [2.05, 4.69) is 4.98 Å². The quantitative estimate of drug-likeness (QED) is 0.765. The Morgan fingerprint density at radius 1 is 1.08 bits per heavy atom. The van der Waals surface area contributed by atoms with E-state index < -0.39 is 5.54 Å². The van der Waals surface area contributed by atoms with Crippen molar-refractivity contribution in [3.05, 3.63) is 53.3 Å². The zero-order valence-corrected chi connectivity index (χ0v) is 15.3. The van der Waals surface area contributed by atoms with Gasteiger partial charge in [-0.2, -0.15) is 10.5 Å². The van der Waals surface area contributed by atoms with Crippen LogP contribution < -0.4 is 9.80 Å². The molecular formula is C19H15N5OS. The van der Waals surface area contributed by atoms with Crippen LogP contribution in [0.4, 0.5) is 11.4 Å². The normalized spacial score (nSPS) is 15.7. The summed E-state index contributed by atoms with van der Waals surface area (Å²) < 4.78 is 0. The number of benzene rings is 1. The molecule has 0 unspecified atom stereocenters. The SMILES string of the molecule is Cc1ccc(N2C(=S)N(c3ccc(C#N)c(C#N)c3)C(=O)C2(C)C)cn1. The number of amides is 1. The van der Waals surface area contributed by atoms with Crippen LogP contribution in [0.15, 0.2) is 36.5 Å². The molecule has 128 valence electrons. The second-order valence-electron chi connectivity index (χ2n) is 6.43. The fraction of sp³-hybridized carbons (Fsp3) is 0.211. The van der Waals surface area contributed by atoms with E-state index in [0.29, 0.717) is 10.8 Å². The minimum atomic E-state index is -0.908. The molecule has 1 aliphatic heterocycles. The van der Waals surface area contributed by atoms with Gasteiger partial charge in [0.1, 0.15) is 17.7 Å². The summed E-state index contributed by atoms with van der Waals surface area (Å²) in [6.45, 7) is 5.46. The predicted molar refractivity (Wildman–Crippen MR) is 101 cm³/mol. The van der Waals surface area contributed by atoms with Crippen LogP contribution in [0.5, 0.6) is 0 Å². The Bertz CT molecular complexity index is 998. The zero-order chi connectivity index (χ0) is 19.1. The molecule has 1 aromatic carbocycles. The summed E-state index contributed by atoms with van der Waals surface area (Å²) in [6, 6.07) is 12.3. The first-order valence-corrected chi connectivity index (χ1v) is 8.27. The van der Waals surface area contributed by atoms with Gasteiger partial charge < -0.3 is 4.90 Å². The fourth-order valence-corrected chi connectivity index (χ4v) is 3.43. The summed E-state index contributed by atoms with van der Waals surface area (Å²) in [5.74, 6) is -0.211. The lowest BCUT2D eigenvalue weighted by molar-refractivity contribution is -0.120. The number of aryl methyl sites for hydroxylation is 1. The first-order valence-electron chi connectivity index (χ1n) is 7.87. The van der Waals surface area contributed by atoms with Gasteiger partial charge in [0.15, 0.2) is 5.11 Å². The van der Waals surface area contributed by atoms with Gasteiger partial charge >= 0.3 is 0 Å². The number of hydrogen-bond donors (Lipinski definition) is 0. The molecule has 1 saturated heterocycles. The van der Waals surface area contributed by atoms with E-state index in [4.69, 9.17) is 17.5 Å². The Balaban J connectivity index is 2.09. The third kappa shape index (κ3) is 2.59. The molecule has 2 heterocycles. The number of rotatable bonds is 2. The van der Waals surface area contributed by atoms with E-state index in [-0.39, 0.29) is 17.0 Å². The molecule has 1 aromatic heterocycles. The predicted octanol–water partition coefficient (Wildman–Crippen LogP) is 3.05. The molecular weight excluding hydrogens is 346 g/mol. The lowest BCUT2D eigenvalue weighted by Crippen LogP contribution is -2.44. The third-order valence-electron chi connectivity index (χ3n) is 4.32. The summed E-state index contributed by atoms with van der Waals surface area (Å²) in [6.07, 6.45) is 1.68. The molecule has 0 saturated carbocycles. The molecule has 0 radical (unpaired) electrons. The van der Waals surface area contributed by atoms with Crippen LogP contribution in [-0.2, 0) is 4.79 Å². The maximum atomic E-state index is 13.1. The Hall–Kier alpha value is -3.29. The average Bonchev–Trinajstić information content (AvgIpc) is 2.80. The van der Waals surface area contributed by atoms with Crippen LogP contribution in [-0.4, -0.2) is 21.5 Å². The molecule has 0 atom stereocenters. The average molecular weight is 361 g/mol. The molecule has 6 nitrogen and oxygen atoms in total. The van der Waals surface area contributed by atoms with E-state index in [0.717, 1.165) is 11.4 Å². The monoisotopic (exact) mass is 361 g/mol. The van der Waals surface area contributed by atoms with Gasteiger partial charge in [0.25, 0.3) is 5.91 Å². The van der Waals surface area contributed by atoms with E-state index in [9.17, 15) is 10.1 Å². The maximum absolute atomic E-state index is 13.1. The van der Waals surface area contributed by atoms with Gasteiger partial charge in [0.05, 0.1) is 28.7 Å². The second kappa shape index (κ2) is 6.21. The lowest BCUT2D eigenvalue weighted by Gasteiger charge is -2.29. The van der Waals surface area contributed by atoms with Crippen molar-refractivity contribution in [2.75, 3.05) is 9.80 Å². The minimum Gasteiger partial charge on any atom is -0.302 e. The summed E-state index contributed by atoms with van der Waals surface area (Å²) in [7, 11) is 0. The van der Waals surface area contributed by atoms with Gasteiger partial charge in [0, 0.05) is 5.69 Å². The van der Waals surface area contributed by atoms with Crippen molar-refractivity contribution in [3.8, 4) is 12.1 Å². The second-order valence-corrected chi connectivity index (χ2v) is 6.79. The summed E-state index contributed by atoms with van der Waals surface area (Å²) in [4.78, 5) is 20.5. The zero-order valence-electron chi connectivity index (χ0n) is 14.5. The maximum Gasteiger partial charge on any atom is 0.259 e. The van der Waals surface area contributed by atoms with Crippen LogP contribution in [0.3, 0.4) is 0 Å². The Morgan fingerprint density at radius 3 is 2.31 bits per heavy atom. The highest BCUT2D eigenvalue weighted by Gasteiger charge is 2.50. The number of carbonyl (C=O) groups excluding carboxylic acids is 1. The number of hydrogen-bond acceptors (Lipinski definition) is 5. The van der Waals surface area contributed by atoms with Gasteiger partial charge in [0.2, 0.25) is 0 Å². The molecule has 0 aliphatic carbocycles. The number of thiocarbonyl (C=S) groups is 1. The topological polar surface area (TPSA) is 84.0 Å². The van der Waals surface area contributed by atoms with Crippen LogP contribution in [0.2, 0.25) is 0 Å². The van der Waals surface area contributed by atoms with Crippen LogP contribution >= 0.6 is 12.2 Å². The van der Waals surface area contributed by atoms with Crippen LogP contribution in [0.25, 0.3) is 0 Å². The molecule has 0 N–H and O–H groups in total.